The predicted octanol–water partition coefficient (Wildman–Crippen LogP) is 0.343. The highest BCUT2D eigenvalue weighted by Crippen LogP contribution is 2.18. The lowest BCUT2D eigenvalue weighted by atomic mass is 9.90. The number of aliphatic hydroxyl groups excluding tert-OH is 1. The van der Waals surface area contributed by atoms with Crippen molar-refractivity contribution < 1.29 is 15.0 Å². The molecule has 0 aliphatic rings. The fourth-order valence-electron chi connectivity index (χ4n) is 1.09. The van der Waals surface area contributed by atoms with E-state index in [-0.39, 0.29) is 5.92 Å². The van der Waals surface area contributed by atoms with Gasteiger partial charge >= 0.3 is 0 Å². The van der Waals surface area contributed by atoms with Gasteiger partial charge in [-0.25, -0.2) is 0 Å². The van der Waals surface area contributed by atoms with Gasteiger partial charge in [-0.1, -0.05) is 13.8 Å². The van der Waals surface area contributed by atoms with Crippen LogP contribution in [0, 0.1) is 5.92 Å². The summed E-state index contributed by atoms with van der Waals surface area (Å²) in [5.41, 5.74) is -1.28. The first-order chi connectivity index (χ1) is 4.90. The second-order valence-electron chi connectivity index (χ2n) is 3.54. The van der Waals surface area contributed by atoms with E-state index in [4.69, 9.17) is 5.11 Å². The van der Waals surface area contributed by atoms with Gasteiger partial charge in [-0.2, -0.15) is 0 Å². The summed E-state index contributed by atoms with van der Waals surface area (Å²) in [7, 11) is 0. The van der Waals surface area contributed by atoms with Gasteiger partial charge in [0.15, 0.2) is 6.29 Å². The minimum Gasteiger partial charge on any atom is -0.387 e. The molecule has 0 aliphatic heterocycles. The lowest BCUT2D eigenvalue weighted by Gasteiger charge is -2.27. The second kappa shape index (κ2) is 3.83. The van der Waals surface area contributed by atoms with Gasteiger partial charge in [0.2, 0.25) is 0 Å². The molecule has 0 aromatic heterocycles. The first kappa shape index (κ1) is 10.6. The third kappa shape index (κ3) is 3.49. The van der Waals surface area contributed by atoms with Crippen molar-refractivity contribution in [2.24, 2.45) is 5.92 Å². The van der Waals surface area contributed by atoms with Crippen LogP contribution < -0.4 is 0 Å². The van der Waals surface area contributed by atoms with Crippen LogP contribution in [0.2, 0.25) is 0 Å². The first-order valence-corrected chi connectivity index (χ1v) is 3.76. The fraction of sp³-hybridized carbons (Fsp3) is 0.875. The third-order valence-electron chi connectivity index (χ3n) is 1.59. The number of rotatable bonds is 4. The van der Waals surface area contributed by atoms with E-state index in [1.54, 1.807) is 0 Å². The van der Waals surface area contributed by atoms with E-state index < -0.39 is 11.7 Å². The predicted molar refractivity (Wildman–Crippen MR) is 42.1 cm³/mol. The van der Waals surface area contributed by atoms with Gasteiger partial charge < -0.3 is 15.0 Å². The Bertz CT molecular complexity index is 129. The molecule has 11 heavy (non-hydrogen) atoms. The highest BCUT2D eigenvalue weighted by Gasteiger charge is 2.30. The van der Waals surface area contributed by atoms with Crippen LogP contribution in [0.15, 0.2) is 0 Å². The zero-order valence-electron chi connectivity index (χ0n) is 7.24. The van der Waals surface area contributed by atoms with E-state index in [1.165, 1.54) is 6.92 Å². The molecule has 0 amide bonds. The minimum atomic E-state index is -1.28. The Balaban J connectivity index is 4.08. The van der Waals surface area contributed by atoms with Crippen molar-refractivity contribution in [3.63, 3.8) is 0 Å². The van der Waals surface area contributed by atoms with Gasteiger partial charge in [-0.3, -0.25) is 0 Å². The highest BCUT2D eigenvalue weighted by molar-refractivity contribution is 5.57. The van der Waals surface area contributed by atoms with Crippen LogP contribution in [0.3, 0.4) is 0 Å². The first-order valence-electron chi connectivity index (χ1n) is 3.76. The van der Waals surface area contributed by atoms with Gasteiger partial charge in [-0.15, -0.1) is 0 Å². The number of hydrogen-bond donors (Lipinski definition) is 2. The molecule has 0 saturated carbocycles. The van der Waals surface area contributed by atoms with Gasteiger partial charge in [0.1, 0.15) is 6.10 Å². The van der Waals surface area contributed by atoms with Crippen LogP contribution in [-0.4, -0.2) is 28.2 Å². The maximum atomic E-state index is 10.1. The van der Waals surface area contributed by atoms with Crippen LogP contribution in [-0.2, 0) is 4.79 Å². The smallest absolute Gasteiger partial charge is 0.151 e. The van der Waals surface area contributed by atoms with Gasteiger partial charge in [-0.05, 0) is 19.3 Å². The summed E-state index contributed by atoms with van der Waals surface area (Å²) in [6, 6.07) is 0. The molecule has 0 bridgehead atoms. The Labute approximate surface area is 67.0 Å². The van der Waals surface area contributed by atoms with E-state index in [9.17, 15) is 9.90 Å². The van der Waals surface area contributed by atoms with Gasteiger partial charge in [0, 0.05) is 0 Å². The normalized spacial score (nSPS) is 19.5. The van der Waals surface area contributed by atoms with Crippen molar-refractivity contribution in [1.29, 1.82) is 0 Å². The summed E-state index contributed by atoms with van der Waals surface area (Å²) in [6.45, 7) is 5.31. The van der Waals surface area contributed by atoms with Crippen molar-refractivity contribution in [2.45, 2.75) is 38.9 Å². The summed E-state index contributed by atoms with van der Waals surface area (Å²) in [5, 5.41) is 18.5. The topological polar surface area (TPSA) is 57.5 Å². The Hall–Kier alpha value is -0.410. The van der Waals surface area contributed by atoms with E-state index in [2.05, 4.69) is 0 Å². The number of aldehydes is 1. The van der Waals surface area contributed by atoms with Crippen LogP contribution in [0.5, 0.6) is 0 Å². The molecule has 3 nitrogen and oxygen atoms in total. The summed E-state index contributed by atoms with van der Waals surface area (Å²) >= 11 is 0. The van der Waals surface area contributed by atoms with Crippen molar-refractivity contribution in [3.05, 3.63) is 0 Å². The highest BCUT2D eigenvalue weighted by atomic mass is 16.3. The van der Waals surface area contributed by atoms with Gasteiger partial charge in [0.05, 0.1) is 5.60 Å². The summed E-state index contributed by atoms with van der Waals surface area (Å²) in [4.78, 5) is 10.1. The SMILES string of the molecule is CC(C)CC(C)(O)C(O)C=O. The maximum absolute atomic E-state index is 10.1. The van der Waals surface area contributed by atoms with Crippen LogP contribution in [0.4, 0.5) is 0 Å². The molecular weight excluding hydrogens is 144 g/mol. The molecule has 2 atom stereocenters. The quantitative estimate of drug-likeness (QED) is 0.583. The Morgan fingerprint density at radius 2 is 2.00 bits per heavy atom. The molecule has 0 fully saturated rings. The van der Waals surface area contributed by atoms with Crippen LogP contribution in [0.1, 0.15) is 27.2 Å². The Morgan fingerprint density at radius 3 is 2.27 bits per heavy atom. The average molecular weight is 160 g/mol. The Morgan fingerprint density at radius 1 is 1.55 bits per heavy atom. The molecule has 2 N–H and O–H groups in total. The second-order valence-corrected chi connectivity index (χ2v) is 3.54. The number of carbonyl (C=O) groups is 1. The number of hydrogen-bond acceptors (Lipinski definition) is 3. The van der Waals surface area contributed by atoms with Crippen molar-refractivity contribution in [1.82, 2.24) is 0 Å². The fourth-order valence-corrected chi connectivity index (χ4v) is 1.09. The average Bonchev–Trinajstić information content (AvgIpc) is 1.83. The molecular formula is C8H16O3. The zero-order chi connectivity index (χ0) is 9.07. The van der Waals surface area contributed by atoms with E-state index >= 15 is 0 Å². The van der Waals surface area contributed by atoms with E-state index in [0.29, 0.717) is 12.7 Å². The van der Waals surface area contributed by atoms with E-state index in [0.717, 1.165) is 0 Å². The van der Waals surface area contributed by atoms with Crippen molar-refractivity contribution >= 4 is 6.29 Å². The maximum Gasteiger partial charge on any atom is 0.151 e. The molecule has 0 saturated heterocycles. The number of carbonyl (C=O) groups excluding carboxylic acids is 1. The molecule has 0 aromatic rings. The summed E-state index contributed by atoms with van der Waals surface area (Å²) in [6.07, 6.45) is -0.486. The lowest BCUT2D eigenvalue weighted by Crippen LogP contribution is -2.41. The van der Waals surface area contributed by atoms with Gasteiger partial charge in [0.25, 0.3) is 0 Å². The molecule has 66 valence electrons. The standard InChI is InChI=1S/C8H16O3/c1-6(2)4-8(3,11)7(10)5-9/h5-7,10-11H,4H2,1-3H3. The number of aliphatic hydroxyl groups is 2. The molecule has 0 radical (unpaired) electrons. The molecule has 0 rings (SSSR count). The lowest BCUT2D eigenvalue weighted by molar-refractivity contribution is -0.130. The third-order valence-corrected chi connectivity index (χ3v) is 1.59. The Kier molecular flexibility index (Phi) is 3.69. The zero-order valence-corrected chi connectivity index (χ0v) is 7.24. The summed E-state index contributed by atoms with van der Waals surface area (Å²) < 4.78 is 0. The largest absolute Gasteiger partial charge is 0.387 e. The van der Waals surface area contributed by atoms with Crippen molar-refractivity contribution in [2.75, 3.05) is 0 Å². The van der Waals surface area contributed by atoms with E-state index in [1.807, 2.05) is 13.8 Å². The summed E-state index contributed by atoms with van der Waals surface area (Å²) in [5.74, 6) is 0.264. The van der Waals surface area contributed by atoms with Crippen LogP contribution >= 0.6 is 0 Å². The molecule has 0 heterocycles. The molecule has 0 aromatic carbocycles. The minimum absolute atomic E-state index is 0.264. The van der Waals surface area contributed by atoms with Crippen molar-refractivity contribution in [3.8, 4) is 0 Å². The van der Waals surface area contributed by atoms with Crippen LogP contribution in [0.25, 0.3) is 0 Å². The molecule has 3 heteroatoms. The molecule has 2 unspecified atom stereocenters. The monoisotopic (exact) mass is 160 g/mol. The molecule has 0 aliphatic carbocycles. The molecule has 0 spiro atoms.